The van der Waals surface area contributed by atoms with Gasteiger partial charge in [-0.2, -0.15) is 0 Å². The van der Waals surface area contributed by atoms with Crippen LogP contribution in [0.2, 0.25) is 0 Å². The molecule has 0 saturated carbocycles. The van der Waals surface area contributed by atoms with Crippen LogP contribution in [0.4, 0.5) is 4.39 Å². The van der Waals surface area contributed by atoms with Crippen molar-refractivity contribution >= 4 is 16.7 Å². The molecule has 3 aromatic carbocycles. The van der Waals surface area contributed by atoms with Gasteiger partial charge in [0.05, 0.1) is 0 Å². The van der Waals surface area contributed by atoms with Crippen LogP contribution in [0.15, 0.2) is 54.6 Å². The largest absolute Gasteiger partial charge is 0.507 e. The molecule has 0 radical (unpaired) electrons. The van der Waals surface area contributed by atoms with Crippen LogP contribution in [0.1, 0.15) is 10.4 Å². The highest BCUT2D eigenvalue weighted by molar-refractivity contribution is 6.03. The Bertz CT molecular complexity index is 923. The van der Waals surface area contributed by atoms with E-state index in [0.717, 1.165) is 6.07 Å². The Kier molecular flexibility index (Phi) is 4.70. The average molecular weight is 342 g/mol. The molecule has 0 aliphatic rings. The highest BCUT2D eigenvalue weighted by Crippen LogP contribution is 2.35. The molecule has 0 atom stereocenters. The van der Waals surface area contributed by atoms with Gasteiger partial charge >= 0.3 is 5.97 Å². The zero-order valence-corrected chi connectivity index (χ0v) is 13.1. The van der Waals surface area contributed by atoms with Gasteiger partial charge in [0.2, 0.25) is 0 Å². The molecule has 0 aliphatic carbocycles. The van der Waals surface area contributed by atoms with E-state index in [-0.39, 0.29) is 36.0 Å². The summed E-state index contributed by atoms with van der Waals surface area (Å²) in [5.41, 5.74) is -0.151. The Morgan fingerprint density at radius 2 is 1.64 bits per heavy atom. The van der Waals surface area contributed by atoms with Crippen molar-refractivity contribution in [2.75, 3.05) is 13.2 Å². The van der Waals surface area contributed by atoms with E-state index in [1.807, 2.05) is 0 Å². The number of phenolic OH excluding ortho intramolecular Hbond substituents is 2. The Morgan fingerprint density at radius 3 is 2.40 bits per heavy atom. The fourth-order valence-electron chi connectivity index (χ4n) is 2.42. The summed E-state index contributed by atoms with van der Waals surface area (Å²) >= 11 is 0. The first-order valence-corrected chi connectivity index (χ1v) is 7.56. The number of esters is 1. The number of hydrogen-bond acceptors (Lipinski definition) is 5. The Labute approximate surface area is 142 Å². The second-order valence-electron chi connectivity index (χ2n) is 5.25. The Morgan fingerprint density at radius 1 is 0.960 bits per heavy atom. The number of carbonyl (C=O) groups is 1. The van der Waals surface area contributed by atoms with Gasteiger partial charge in [0, 0.05) is 10.8 Å². The number of phenols is 2. The van der Waals surface area contributed by atoms with Gasteiger partial charge in [-0.3, -0.25) is 0 Å². The third-order valence-corrected chi connectivity index (χ3v) is 3.62. The number of hydrogen-bond donors (Lipinski definition) is 2. The molecule has 128 valence electrons. The molecule has 3 rings (SSSR count). The minimum Gasteiger partial charge on any atom is -0.507 e. The smallest absolute Gasteiger partial charge is 0.342 e. The van der Waals surface area contributed by atoms with Crippen molar-refractivity contribution in [3.63, 3.8) is 0 Å². The fraction of sp³-hybridized carbons (Fsp3) is 0.105. The van der Waals surface area contributed by atoms with Crippen LogP contribution in [0.25, 0.3) is 10.8 Å². The summed E-state index contributed by atoms with van der Waals surface area (Å²) in [4.78, 5) is 12.1. The van der Waals surface area contributed by atoms with E-state index in [4.69, 9.17) is 9.47 Å². The summed E-state index contributed by atoms with van der Waals surface area (Å²) in [7, 11) is 0. The van der Waals surface area contributed by atoms with Crippen LogP contribution < -0.4 is 4.74 Å². The normalized spacial score (nSPS) is 10.6. The zero-order valence-electron chi connectivity index (χ0n) is 13.1. The zero-order chi connectivity index (χ0) is 17.8. The molecule has 2 N–H and O–H groups in total. The molecule has 6 heteroatoms. The highest BCUT2D eigenvalue weighted by Gasteiger charge is 2.18. The number of rotatable bonds is 5. The summed E-state index contributed by atoms with van der Waals surface area (Å²) in [6.07, 6.45) is 0. The predicted molar refractivity (Wildman–Crippen MR) is 89.5 cm³/mol. The van der Waals surface area contributed by atoms with E-state index in [1.165, 1.54) is 18.2 Å². The van der Waals surface area contributed by atoms with Gasteiger partial charge in [0.15, 0.2) is 11.6 Å². The lowest BCUT2D eigenvalue weighted by atomic mass is 10.0. The highest BCUT2D eigenvalue weighted by atomic mass is 19.1. The standard InChI is InChI=1S/C19H15FO5/c20-15-7-3-4-8-17(15)24-9-10-25-19(23)14-11-16(21)12-5-1-2-6-13(12)18(14)22/h1-8,11,21-22H,9-10H2. The van der Waals surface area contributed by atoms with Gasteiger partial charge in [-0.15, -0.1) is 0 Å². The van der Waals surface area contributed by atoms with Crippen LogP contribution in [0, 0.1) is 5.82 Å². The average Bonchev–Trinajstić information content (AvgIpc) is 2.63. The lowest BCUT2D eigenvalue weighted by Crippen LogP contribution is -2.13. The SMILES string of the molecule is O=C(OCCOc1ccccc1F)c1cc(O)c2ccccc2c1O. The lowest BCUT2D eigenvalue weighted by Gasteiger charge is -2.11. The molecular weight excluding hydrogens is 327 g/mol. The number of aromatic hydroxyl groups is 2. The molecular formula is C19H15FO5. The molecule has 3 aromatic rings. The molecule has 25 heavy (non-hydrogen) atoms. The predicted octanol–water partition coefficient (Wildman–Crippen LogP) is 3.63. The first kappa shape index (κ1) is 16.6. The van der Waals surface area contributed by atoms with Crippen LogP contribution in [-0.4, -0.2) is 29.4 Å². The number of carbonyl (C=O) groups excluding carboxylic acids is 1. The topological polar surface area (TPSA) is 76.0 Å². The molecule has 0 aromatic heterocycles. The maximum atomic E-state index is 13.4. The molecule has 0 unspecified atom stereocenters. The van der Waals surface area contributed by atoms with E-state index in [9.17, 15) is 19.4 Å². The first-order chi connectivity index (χ1) is 12.1. The fourth-order valence-corrected chi connectivity index (χ4v) is 2.42. The summed E-state index contributed by atoms with van der Waals surface area (Å²) in [5.74, 6) is -1.66. The number of ether oxygens (including phenoxy) is 2. The molecule has 0 aliphatic heterocycles. The number of para-hydroxylation sites is 1. The third kappa shape index (κ3) is 3.47. The van der Waals surface area contributed by atoms with Crippen LogP contribution >= 0.6 is 0 Å². The van der Waals surface area contributed by atoms with Crippen LogP contribution in [0.5, 0.6) is 17.2 Å². The minimum atomic E-state index is -0.810. The number of halogens is 1. The second-order valence-corrected chi connectivity index (χ2v) is 5.25. The Balaban J connectivity index is 1.67. The molecule has 0 spiro atoms. The van der Waals surface area contributed by atoms with E-state index in [2.05, 4.69) is 0 Å². The minimum absolute atomic E-state index is 0.0486. The van der Waals surface area contributed by atoms with Gasteiger partial charge in [0.25, 0.3) is 0 Å². The molecule has 0 bridgehead atoms. The quantitative estimate of drug-likeness (QED) is 0.421. The maximum absolute atomic E-state index is 13.4. The molecule has 5 nitrogen and oxygen atoms in total. The summed E-state index contributed by atoms with van der Waals surface area (Å²) in [5, 5.41) is 21.0. The summed E-state index contributed by atoms with van der Waals surface area (Å²) < 4.78 is 23.6. The van der Waals surface area contributed by atoms with E-state index in [1.54, 1.807) is 30.3 Å². The van der Waals surface area contributed by atoms with Crippen LogP contribution in [-0.2, 0) is 4.74 Å². The monoisotopic (exact) mass is 342 g/mol. The van der Waals surface area contributed by atoms with Gasteiger partial charge < -0.3 is 19.7 Å². The lowest BCUT2D eigenvalue weighted by molar-refractivity contribution is 0.0445. The third-order valence-electron chi connectivity index (χ3n) is 3.62. The van der Waals surface area contributed by atoms with Crippen molar-refractivity contribution in [2.24, 2.45) is 0 Å². The van der Waals surface area contributed by atoms with E-state index < -0.39 is 11.8 Å². The van der Waals surface area contributed by atoms with Gasteiger partial charge in [-0.1, -0.05) is 36.4 Å². The second kappa shape index (κ2) is 7.09. The van der Waals surface area contributed by atoms with Crippen molar-refractivity contribution in [3.8, 4) is 17.2 Å². The molecule has 0 amide bonds. The van der Waals surface area contributed by atoms with E-state index in [0.29, 0.717) is 10.8 Å². The van der Waals surface area contributed by atoms with Gasteiger partial charge in [-0.05, 0) is 18.2 Å². The summed E-state index contributed by atoms with van der Waals surface area (Å²) in [6.45, 7) is -0.187. The summed E-state index contributed by atoms with van der Waals surface area (Å²) in [6, 6.07) is 13.6. The molecule has 0 fully saturated rings. The molecule has 0 saturated heterocycles. The van der Waals surface area contributed by atoms with Crippen LogP contribution in [0.3, 0.4) is 0 Å². The van der Waals surface area contributed by atoms with E-state index >= 15 is 0 Å². The number of benzene rings is 3. The van der Waals surface area contributed by atoms with Crippen molar-refractivity contribution < 1.29 is 28.9 Å². The van der Waals surface area contributed by atoms with Crippen molar-refractivity contribution in [1.29, 1.82) is 0 Å². The Hall–Kier alpha value is -3.28. The van der Waals surface area contributed by atoms with Crippen molar-refractivity contribution in [3.05, 3.63) is 66.0 Å². The van der Waals surface area contributed by atoms with Crippen molar-refractivity contribution in [1.82, 2.24) is 0 Å². The number of fused-ring (bicyclic) bond motifs is 1. The van der Waals surface area contributed by atoms with Crippen molar-refractivity contribution in [2.45, 2.75) is 0 Å². The van der Waals surface area contributed by atoms with Gasteiger partial charge in [-0.25, -0.2) is 9.18 Å². The maximum Gasteiger partial charge on any atom is 0.342 e. The van der Waals surface area contributed by atoms with Gasteiger partial charge in [0.1, 0.15) is 30.3 Å². The first-order valence-electron chi connectivity index (χ1n) is 7.56. The molecule has 0 heterocycles.